The van der Waals surface area contributed by atoms with E-state index in [1.807, 2.05) is 18.5 Å². The molecule has 1 atom stereocenters. The van der Waals surface area contributed by atoms with Gasteiger partial charge in [-0.05, 0) is 63.5 Å². The lowest BCUT2D eigenvalue weighted by Gasteiger charge is -2.26. The van der Waals surface area contributed by atoms with Crippen molar-refractivity contribution in [3.63, 3.8) is 0 Å². The number of benzene rings is 1. The summed E-state index contributed by atoms with van der Waals surface area (Å²) in [5.74, 6) is 2.76. The van der Waals surface area contributed by atoms with Gasteiger partial charge in [0.1, 0.15) is 12.4 Å². The van der Waals surface area contributed by atoms with E-state index in [2.05, 4.69) is 23.6 Å². The predicted octanol–water partition coefficient (Wildman–Crippen LogP) is 2.45. The molecule has 0 radical (unpaired) electrons. The van der Waals surface area contributed by atoms with E-state index < -0.39 is 0 Å². The Morgan fingerprint density at radius 1 is 1.15 bits per heavy atom. The maximum absolute atomic E-state index is 5.81. The number of nitrogens with one attached hydrogen (secondary N) is 1. The Labute approximate surface area is 165 Å². The first-order valence-electron chi connectivity index (χ1n) is 10.0. The fraction of sp³-hybridized carbons (Fsp3) is 0.600. The normalized spacial score (nSPS) is 19.0. The van der Waals surface area contributed by atoms with Crippen molar-refractivity contribution in [1.82, 2.24) is 14.3 Å². The molecule has 146 valence electrons. The van der Waals surface area contributed by atoms with Crippen LogP contribution in [-0.2, 0) is 19.6 Å². The van der Waals surface area contributed by atoms with Crippen molar-refractivity contribution in [3.8, 4) is 11.5 Å². The van der Waals surface area contributed by atoms with Crippen LogP contribution in [0.1, 0.15) is 49.7 Å². The summed E-state index contributed by atoms with van der Waals surface area (Å²) in [4.78, 5) is 1.48. The Morgan fingerprint density at radius 3 is 2.44 bits per heavy atom. The van der Waals surface area contributed by atoms with Crippen LogP contribution in [0.2, 0.25) is 0 Å². The summed E-state index contributed by atoms with van der Waals surface area (Å²) in [6.07, 6.45) is 3.49. The molecular weight excluding hydrogens is 360 g/mol. The molecule has 2 aliphatic rings. The third-order valence-electron chi connectivity index (χ3n) is 5.38. The number of nitrogens with zero attached hydrogens (tertiary/aromatic N) is 3. The molecule has 1 unspecified atom stereocenters. The van der Waals surface area contributed by atoms with Crippen LogP contribution in [0.4, 0.5) is 0 Å². The van der Waals surface area contributed by atoms with Crippen LogP contribution >= 0.6 is 12.2 Å². The summed E-state index contributed by atoms with van der Waals surface area (Å²) in [6, 6.07) is 4.91. The average molecular weight is 390 g/mol. The highest BCUT2D eigenvalue weighted by Gasteiger charge is 2.28. The predicted molar refractivity (Wildman–Crippen MR) is 106 cm³/mol. The van der Waals surface area contributed by atoms with Crippen LogP contribution < -0.4 is 14.4 Å². The molecule has 0 spiro atoms. The maximum Gasteiger partial charge on any atom is 0.203 e. The van der Waals surface area contributed by atoms with Gasteiger partial charge in [-0.25, -0.2) is 0 Å². The van der Waals surface area contributed by atoms with Gasteiger partial charge in [-0.2, -0.15) is 9.78 Å². The van der Waals surface area contributed by atoms with Gasteiger partial charge in [0, 0.05) is 18.0 Å². The molecule has 1 N–H and O–H groups in total. The molecule has 1 aromatic carbocycles. The lowest BCUT2D eigenvalue weighted by atomic mass is 9.99. The molecule has 1 saturated carbocycles. The second-order valence-electron chi connectivity index (χ2n) is 7.45. The number of quaternary nitrogens is 1. The topological polar surface area (TPSA) is 45.6 Å². The van der Waals surface area contributed by atoms with Crippen LogP contribution in [0.15, 0.2) is 12.1 Å². The molecule has 0 saturated heterocycles. The van der Waals surface area contributed by atoms with Crippen molar-refractivity contribution in [2.75, 3.05) is 19.8 Å². The third kappa shape index (κ3) is 3.75. The summed E-state index contributed by atoms with van der Waals surface area (Å²) < 4.78 is 16.7. The Kier molecular flexibility index (Phi) is 5.23. The van der Waals surface area contributed by atoms with E-state index in [9.17, 15) is 0 Å². The van der Waals surface area contributed by atoms with E-state index in [1.54, 1.807) is 0 Å². The highest BCUT2D eigenvalue weighted by Crippen LogP contribution is 2.36. The Morgan fingerprint density at radius 2 is 1.81 bits per heavy atom. The van der Waals surface area contributed by atoms with E-state index in [4.69, 9.17) is 26.8 Å². The molecule has 0 amide bonds. The minimum absolute atomic E-state index is 0.578. The summed E-state index contributed by atoms with van der Waals surface area (Å²) in [5, 5.41) is 4.72. The van der Waals surface area contributed by atoms with Crippen LogP contribution in [-0.4, -0.2) is 34.1 Å². The molecule has 7 heteroatoms. The summed E-state index contributed by atoms with van der Waals surface area (Å²) in [7, 11) is 0. The molecular formula is C20H29N4O2S+. The van der Waals surface area contributed by atoms with Crippen LogP contribution in [0.25, 0.3) is 0 Å². The van der Waals surface area contributed by atoms with Gasteiger partial charge in [0.05, 0.1) is 19.8 Å². The van der Waals surface area contributed by atoms with Crippen LogP contribution in [0, 0.1) is 11.7 Å². The monoisotopic (exact) mass is 389 g/mol. The summed E-state index contributed by atoms with van der Waals surface area (Å²) >= 11 is 5.69. The van der Waals surface area contributed by atoms with Gasteiger partial charge in [0.15, 0.2) is 18.2 Å². The van der Waals surface area contributed by atoms with Crippen molar-refractivity contribution in [2.24, 2.45) is 0 Å². The standard InChI is InChI=1S/C20H28N4O2S/c1-4-25-18-10-15-8-9-22(12-16(15)11-19(18)26-5-2)13-23-20(27)24(14(3)21-23)17-6-7-17/h10-11,17H,4-9,12-13H2,1-3H3/p+1. The minimum Gasteiger partial charge on any atom is -0.490 e. The molecule has 2 heterocycles. The molecule has 27 heavy (non-hydrogen) atoms. The number of hydrogen-bond donors (Lipinski definition) is 1. The first-order valence-corrected chi connectivity index (χ1v) is 10.4. The number of hydrogen-bond acceptors (Lipinski definition) is 4. The molecule has 1 aliphatic heterocycles. The first kappa shape index (κ1) is 18.5. The van der Waals surface area contributed by atoms with Gasteiger partial charge in [-0.1, -0.05) is 0 Å². The van der Waals surface area contributed by atoms with Crippen LogP contribution in [0.5, 0.6) is 11.5 Å². The molecule has 2 aromatic rings. The lowest BCUT2D eigenvalue weighted by molar-refractivity contribution is -0.939. The smallest absolute Gasteiger partial charge is 0.203 e. The van der Waals surface area contributed by atoms with E-state index in [0.29, 0.717) is 19.3 Å². The minimum atomic E-state index is 0.578. The zero-order valence-corrected chi connectivity index (χ0v) is 17.3. The molecule has 1 aromatic heterocycles. The molecule has 1 aliphatic carbocycles. The number of ether oxygens (including phenoxy) is 2. The molecule has 1 fully saturated rings. The van der Waals surface area contributed by atoms with Crippen molar-refractivity contribution in [1.29, 1.82) is 0 Å². The number of aryl methyl sites for hydroxylation is 1. The Balaban J connectivity index is 1.53. The highest BCUT2D eigenvalue weighted by atomic mass is 32.1. The van der Waals surface area contributed by atoms with Crippen molar-refractivity contribution >= 4 is 12.2 Å². The molecule has 0 bridgehead atoms. The van der Waals surface area contributed by atoms with Gasteiger partial charge in [0.2, 0.25) is 4.77 Å². The number of fused-ring (bicyclic) bond motifs is 1. The van der Waals surface area contributed by atoms with Crippen molar-refractivity contribution in [2.45, 2.75) is 59.3 Å². The molecule has 4 rings (SSSR count). The number of rotatable bonds is 7. The van der Waals surface area contributed by atoms with E-state index in [0.717, 1.165) is 48.3 Å². The maximum atomic E-state index is 5.81. The zero-order valence-electron chi connectivity index (χ0n) is 16.5. The summed E-state index contributed by atoms with van der Waals surface area (Å²) in [6.45, 7) is 10.2. The quantitative estimate of drug-likeness (QED) is 0.739. The van der Waals surface area contributed by atoms with Crippen molar-refractivity contribution < 1.29 is 14.4 Å². The van der Waals surface area contributed by atoms with Gasteiger partial charge < -0.3 is 18.9 Å². The fourth-order valence-electron chi connectivity index (χ4n) is 3.98. The fourth-order valence-corrected chi connectivity index (χ4v) is 4.37. The van der Waals surface area contributed by atoms with Gasteiger partial charge in [0.25, 0.3) is 0 Å². The van der Waals surface area contributed by atoms with Gasteiger partial charge in [-0.3, -0.25) is 0 Å². The Bertz CT molecular complexity index is 885. The second-order valence-corrected chi connectivity index (χ2v) is 7.81. The van der Waals surface area contributed by atoms with Gasteiger partial charge in [-0.15, -0.1) is 0 Å². The third-order valence-corrected chi connectivity index (χ3v) is 5.79. The second kappa shape index (κ2) is 7.64. The van der Waals surface area contributed by atoms with E-state index in [1.165, 1.54) is 28.9 Å². The first-order chi connectivity index (χ1) is 13.1. The van der Waals surface area contributed by atoms with E-state index >= 15 is 0 Å². The zero-order chi connectivity index (χ0) is 19.0. The Hall–Kier alpha value is -1.86. The van der Waals surface area contributed by atoms with E-state index in [-0.39, 0.29) is 0 Å². The van der Waals surface area contributed by atoms with Gasteiger partial charge >= 0.3 is 0 Å². The van der Waals surface area contributed by atoms with Crippen LogP contribution in [0.3, 0.4) is 0 Å². The summed E-state index contributed by atoms with van der Waals surface area (Å²) in [5.41, 5.74) is 2.71. The van der Waals surface area contributed by atoms with Crippen molar-refractivity contribution in [3.05, 3.63) is 33.9 Å². The average Bonchev–Trinajstić information content (AvgIpc) is 3.43. The molecule has 6 nitrogen and oxygen atoms in total. The SMILES string of the molecule is CCOc1cc2c(cc1OCC)C[NH+](Cn1nc(C)n(C3CC3)c1=S)CC2. The highest BCUT2D eigenvalue weighted by molar-refractivity contribution is 7.71. The lowest BCUT2D eigenvalue weighted by Crippen LogP contribution is -3.11. The largest absolute Gasteiger partial charge is 0.490 e. The number of aromatic nitrogens is 3.